The molecule has 0 aliphatic carbocycles. The third kappa shape index (κ3) is 4.46. The Morgan fingerprint density at radius 1 is 1.53 bits per heavy atom. The van der Waals surface area contributed by atoms with E-state index in [1.807, 2.05) is 26.8 Å². The van der Waals surface area contributed by atoms with Gasteiger partial charge in [-0.2, -0.15) is 0 Å². The van der Waals surface area contributed by atoms with Gasteiger partial charge in [-0.05, 0) is 48.8 Å². The standard InChI is InChI=1S/C11H17BrN2O2S/c1-11(2,3)17(16)14-9(7-15)8-5-4-6-10(12)13-8/h4-6,9,14-15H,7H2,1-3H3/t9-,17+/m1/s1. The third-order valence-corrected chi connectivity index (χ3v) is 4.13. The van der Waals surface area contributed by atoms with Crippen molar-refractivity contribution in [1.82, 2.24) is 9.71 Å². The summed E-state index contributed by atoms with van der Waals surface area (Å²) in [5.74, 6) is 0. The monoisotopic (exact) mass is 320 g/mol. The highest BCUT2D eigenvalue weighted by Crippen LogP contribution is 2.17. The molecule has 0 spiro atoms. The highest BCUT2D eigenvalue weighted by atomic mass is 79.9. The largest absolute Gasteiger partial charge is 0.394 e. The topological polar surface area (TPSA) is 62.2 Å². The van der Waals surface area contributed by atoms with Gasteiger partial charge in [0.05, 0.1) is 34.1 Å². The first-order valence-corrected chi connectivity index (χ1v) is 7.20. The minimum atomic E-state index is -1.24. The van der Waals surface area contributed by atoms with Crippen molar-refractivity contribution in [2.45, 2.75) is 31.6 Å². The Bertz CT molecular complexity index is 407. The predicted octanol–water partition coefficient (Wildman–Crippen LogP) is 1.93. The Kier molecular flexibility index (Phi) is 5.24. The van der Waals surface area contributed by atoms with E-state index in [1.54, 1.807) is 12.1 Å². The highest BCUT2D eigenvalue weighted by Gasteiger charge is 2.23. The summed E-state index contributed by atoms with van der Waals surface area (Å²) < 4.78 is 15.1. The number of hydrogen-bond acceptors (Lipinski definition) is 3. The van der Waals surface area contributed by atoms with Crippen molar-refractivity contribution in [3.63, 3.8) is 0 Å². The number of aliphatic hydroxyl groups is 1. The summed E-state index contributed by atoms with van der Waals surface area (Å²) in [6.07, 6.45) is 0. The molecule has 0 amide bonds. The summed E-state index contributed by atoms with van der Waals surface area (Å²) in [6, 6.07) is 5.00. The number of aliphatic hydroxyl groups excluding tert-OH is 1. The molecule has 1 aromatic heterocycles. The number of pyridine rings is 1. The van der Waals surface area contributed by atoms with Gasteiger partial charge in [-0.3, -0.25) is 0 Å². The van der Waals surface area contributed by atoms with E-state index in [0.717, 1.165) is 0 Å². The first-order valence-electron chi connectivity index (χ1n) is 5.26. The molecule has 0 bridgehead atoms. The molecule has 0 aliphatic rings. The Labute approximate surface area is 113 Å². The van der Waals surface area contributed by atoms with Gasteiger partial charge in [0.2, 0.25) is 0 Å². The van der Waals surface area contributed by atoms with Gasteiger partial charge in [-0.25, -0.2) is 13.9 Å². The van der Waals surface area contributed by atoms with Crippen LogP contribution in [0.1, 0.15) is 32.5 Å². The van der Waals surface area contributed by atoms with E-state index in [2.05, 4.69) is 25.6 Å². The van der Waals surface area contributed by atoms with E-state index >= 15 is 0 Å². The predicted molar refractivity (Wildman–Crippen MR) is 72.8 cm³/mol. The zero-order valence-electron chi connectivity index (χ0n) is 10.1. The fourth-order valence-electron chi connectivity index (χ4n) is 1.12. The number of hydrogen-bond donors (Lipinski definition) is 2. The first kappa shape index (κ1) is 14.8. The molecule has 4 nitrogen and oxygen atoms in total. The maximum Gasteiger partial charge on any atom is 0.106 e. The molecule has 6 heteroatoms. The van der Waals surface area contributed by atoms with Crippen LogP contribution in [-0.4, -0.2) is 25.7 Å². The van der Waals surface area contributed by atoms with Crippen LogP contribution < -0.4 is 4.72 Å². The van der Waals surface area contributed by atoms with Crippen LogP contribution in [0.15, 0.2) is 22.8 Å². The van der Waals surface area contributed by atoms with E-state index in [1.165, 1.54) is 0 Å². The number of nitrogens with zero attached hydrogens (tertiary/aromatic N) is 1. The maximum absolute atomic E-state index is 11.9. The fraction of sp³-hybridized carbons (Fsp3) is 0.545. The van der Waals surface area contributed by atoms with E-state index in [4.69, 9.17) is 0 Å². The maximum atomic E-state index is 11.9. The second-order valence-corrected chi connectivity index (χ2v) is 7.43. The fourth-order valence-corrected chi connectivity index (χ4v) is 2.28. The van der Waals surface area contributed by atoms with Crippen molar-refractivity contribution in [2.75, 3.05) is 6.61 Å². The second-order valence-electron chi connectivity index (χ2n) is 4.62. The van der Waals surface area contributed by atoms with Gasteiger partial charge < -0.3 is 5.11 Å². The molecule has 0 fully saturated rings. The Morgan fingerprint density at radius 2 is 2.18 bits per heavy atom. The van der Waals surface area contributed by atoms with Crippen LogP contribution in [0.4, 0.5) is 0 Å². The second kappa shape index (κ2) is 6.04. The molecule has 17 heavy (non-hydrogen) atoms. The lowest BCUT2D eigenvalue weighted by molar-refractivity contribution is 0.257. The first-order chi connectivity index (χ1) is 7.84. The molecule has 2 atom stereocenters. The zero-order valence-corrected chi connectivity index (χ0v) is 12.5. The minimum absolute atomic E-state index is 0.148. The van der Waals surface area contributed by atoms with Crippen molar-refractivity contribution in [3.8, 4) is 0 Å². The van der Waals surface area contributed by atoms with E-state index < -0.39 is 17.0 Å². The molecule has 0 radical (unpaired) electrons. The lowest BCUT2D eigenvalue weighted by Gasteiger charge is -2.22. The third-order valence-electron chi connectivity index (χ3n) is 2.08. The Balaban J connectivity index is 2.83. The lowest BCUT2D eigenvalue weighted by atomic mass is 10.2. The molecule has 96 valence electrons. The van der Waals surface area contributed by atoms with Gasteiger partial charge in [0.15, 0.2) is 0 Å². The minimum Gasteiger partial charge on any atom is -0.394 e. The van der Waals surface area contributed by atoms with Crippen LogP contribution in [0.5, 0.6) is 0 Å². The molecule has 0 saturated carbocycles. The normalized spacial score (nSPS) is 15.6. The van der Waals surface area contributed by atoms with Crippen molar-refractivity contribution >= 4 is 26.9 Å². The number of aromatic nitrogens is 1. The Morgan fingerprint density at radius 3 is 2.65 bits per heavy atom. The summed E-state index contributed by atoms with van der Waals surface area (Å²) in [5.41, 5.74) is 0.666. The van der Waals surface area contributed by atoms with Gasteiger partial charge in [0.1, 0.15) is 4.60 Å². The summed E-state index contributed by atoms with van der Waals surface area (Å²) >= 11 is 3.27. The van der Waals surface area contributed by atoms with Gasteiger partial charge >= 0.3 is 0 Å². The molecular formula is C11H17BrN2O2S. The molecule has 2 N–H and O–H groups in total. The SMILES string of the molecule is CC(C)(C)[S@](=O)N[C@H](CO)c1cccc(Br)n1. The molecule has 0 unspecified atom stereocenters. The van der Waals surface area contributed by atoms with Crippen LogP contribution in [0.2, 0.25) is 0 Å². The van der Waals surface area contributed by atoms with Crippen molar-refractivity contribution in [2.24, 2.45) is 0 Å². The van der Waals surface area contributed by atoms with Gasteiger partial charge in [-0.1, -0.05) is 6.07 Å². The smallest absolute Gasteiger partial charge is 0.106 e. The quantitative estimate of drug-likeness (QED) is 0.833. The lowest BCUT2D eigenvalue weighted by Crippen LogP contribution is -2.37. The van der Waals surface area contributed by atoms with E-state index in [9.17, 15) is 9.32 Å². The highest BCUT2D eigenvalue weighted by molar-refractivity contribution is 9.10. The molecular weight excluding hydrogens is 304 g/mol. The van der Waals surface area contributed by atoms with E-state index in [0.29, 0.717) is 10.3 Å². The number of rotatable bonds is 4. The van der Waals surface area contributed by atoms with Crippen molar-refractivity contribution < 1.29 is 9.32 Å². The van der Waals surface area contributed by atoms with Crippen LogP contribution >= 0.6 is 15.9 Å². The summed E-state index contributed by atoms with van der Waals surface area (Å²) in [5, 5.41) is 9.33. The van der Waals surface area contributed by atoms with Crippen molar-refractivity contribution in [1.29, 1.82) is 0 Å². The van der Waals surface area contributed by atoms with Gasteiger partial charge in [0.25, 0.3) is 0 Å². The van der Waals surface area contributed by atoms with Crippen LogP contribution in [-0.2, 0) is 11.0 Å². The molecule has 1 aromatic rings. The van der Waals surface area contributed by atoms with Gasteiger partial charge in [-0.15, -0.1) is 0 Å². The molecule has 0 aliphatic heterocycles. The molecule has 0 saturated heterocycles. The summed E-state index contributed by atoms with van der Waals surface area (Å²) in [6.45, 7) is 5.47. The number of nitrogens with one attached hydrogen (secondary N) is 1. The van der Waals surface area contributed by atoms with Gasteiger partial charge in [0, 0.05) is 0 Å². The summed E-state index contributed by atoms with van der Waals surface area (Å²) in [7, 11) is -1.24. The van der Waals surface area contributed by atoms with Crippen LogP contribution in [0.3, 0.4) is 0 Å². The summed E-state index contributed by atoms with van der Waals surface area (Å²) in [4.78, 5) is 4.24. The zero-order chi connectivity index (χ0) is 13.1. The van der Waals surface area contributed by atoms with E-state index in [-0.39, 0.29) is 11.4 Å². The number of halogens is 1. The average Bonchev–Trinajstić information content (AvgIpc) is 2.24. The van der Waals surface area contributed by atoms with Crippen LogP contribution in [0.25, 0.3) is 0 Å². The molecule has 0 aromatic carbocycles. The molecule has 1 rings (SSSR count). The Hall–Kier alpha value is -0.300. The average molecular weight is 321 g/mol. The van der Waals surface area contributed by atoms with Crippen molar-refractivity contribution in [3.05, 3.63) is 28.5 Å². The van der Waals surface area contributed by atoms with Crippen LogP contribution in [0, 0.1) is 0 Å². The molecule has 1 heterocycles.